The highest BCUT2D eigenvalue weighted by Gasteiger charge is 2.13. The van der Waals surface area contributed by atoms with E-state index in [0.29, 0.717) is 6.04 Å². The van der Waals surface area contributed by atoms with Crippen molar-refractivity contribution in [1.29, 1.82) is 0 Å². The van der Waals surface area contributed by atoms with Crippen LogP contribution in [0.25, 0.3) is 0 Å². The minimum Gasteiger partial charge on any atom is -0.494 e. The first-order chi connectivity index (χ1) is 8.70. The van der Waals surface area contributed by atoms with E-state index in [1.54, 1.807) is 7.11 Å². The molecule has 1 heterocycles. The van der Waals surface area contributed by atoms with E-state index >= 15 is 0 Å². The quantitative estimate of drug-likeness (QED) is 0.859. The summed E-state index contributed by atoms with van der Waals surface area (Å²) >= 11 is 0. The van der Waals surface area contributed by atoms with Gasteiger partial charge in [-0.25, -0.2) is 0 Å². The molecule has 0 amide bonds. The molecule has 1 atom stereocenters. The Bertz CT molecular complexity index is 398. The zero-order chi connectivity index (χ0) is 13.0. The van der Waals surface area contributed by atoms with Crippen molar-refractivity contribution in [3.63, 3.8) is 0 Å². The Morgan fingerprint density at radius 2 is 2.17 bits per heavy atom. The number of piperidine rings is 1. The van der Waals surface area contributed by atoms with Crippen LogP contribution in [0, 0.1) is 13.8 Å². The number of hydrogen-bond acceptors (Lipinski definition) is 3. The number of methoxy groups -OCH3 is 1. The van der Waals surface area contributed by atoms with E-state index in [1.807, 2.05) is 0 Å². The van der Waals surface area contributed by atoms with Gasteiger partial charge in [0.05, 0.1) is 12.8 Å². The standard InChI is InChI=1S/C15H24N2O/c1-11-8-12(2)15(18-3)14(9-11)17-10-13-6-4-5-7-16-13/h8-9,13,16-17H,4-7,10H2,1-3H3. The normalized spacial score (nSPS) is 19.6. The van der Waals surface area contributed by atoms with Crippen molar-refractivity contribution in [1.82, 2.24) is 5.32 Å². The van der Waals surface area contributed by atoms with Crippen molar-refractivity contribution in [2.45, 2.75) is 39.2 Å². The van der Waals surface area contributed by atoms with Crippen LogP contribution < -0.4 is 15.4 Å². The lowest BCUT2D eigenvalue weighted by atomic mass is 10.0. The smallest absolute Gasteiger partial charge is 0.144 e. The summed E-state index contributed by atoms with van der Waals surface area (Å²) in [5, 5.41) is 7.08. The summed E-state index contributed by atoms with van der Waals surface area (Å²) in [6.45, 7) is 6.34. The maximum atomic E-state index is 5.49. The van der Waals surface area contributed by atoms with Crippen LogP contribution in [0.5, 0.6) is 5.75 Å². The third-order valence-electron chi connectivity index (χ3n) is 3.57. The molecule has 0 aliphatic carbocycles. The molecule has 0 radical (unpaired) electrons. The molecule has 0 saturated carbocycles. The second-order valence-corrected chi connectivity index (χ2v) is 5.19. The largest absolute Gasteiger partial charge is 0.494 e. The first-order valence-electron chi connectivity index (χ1n) is 6.83. The molecule has 1 aromatic rings. The molecule has 1 aliphatic rings. The second kappa shape index (κ2) is 6.10. The van der Waals surface area contributed by atoms with Crippen LogP contribution >= 0.6 is 0 Å². The van der Waals surface area contributed by atoms with Crippen LogP contribution in [-0.2, 0) is 0 Å². The fourth-order valence-corrected chi connectivity index (χ4v) is 2.69. The Morgan fingerprint density at radius 3 is 2.83 bits per heavy atom. The predicted octanol–water partition coefficient (Wildman–Crippen LogP) is 2.87. The van der Waals surface area contributed by atoms with Gasteiger partial charge >= 0.3 is 0 Å². The van der Waals surface area contributed by atoms with Gasteiger partial charge in [0, 0.05) is 12.6 Å². The molecule has 3 nitrogen and oxygen atoms in total. The monoisotopic (exact) mass is 248 g/mol. The molecule has 3 heteroatoms. The number of anilines is 1. The summed E-state index contributed by atoms with van der Waals surface area (Å²) in [6, 6.07) is 4.90. The van der Waals surface area contributed by atoms with Crippen LogP contribution in [0.1, 0.15) is 30.4 Å². The minimum absolute atomic E-state index is 0.587. The maximum Gasteiger partial charge on any atom is 0.144 e. The molecular formula is C15H24N2O. The van der Waals surface area contributed by atoms with E-state index in [0.717, 1.165) is 24.5 Å². The summed E-state index contributed by atoms with van der Waals surface area (Å²) in [5.41, 5.74) is 3.58. The highest BCUT2D eigenvalue weighted by atomic mass is 16.5. The zero-order valence-electron chi connectivity index (χ0n) is 11.7. The molecule has 1 aliphatic heterocycles. The third kappa shape index (κ3) is 3.16. The SMILES string of the molecule is COc1c(C)cc(C)cc1NCC1CCCCN1. The number of ether oxygens (including phenoxy) is 1. The summed E-state index contributed by atoms with van der Waals surface area (Å²) < 4.78 is 5.49. The van der Waals surface area contributed by atoms with E-state index in [1.165, 1.54) is 30.4 Å². The van der Waals surface area contributed by atoms with Crippen molar-refractivity contribution in [3.8, 4) is 5.75 Å². The average Bonchev–Trinajstić information content (AvgIpc) is 2.37. The topological polar surface area (TPSA) is 33.3 Å². The molecule has 2 rings (SSSR count). The molecule has 18 heavy (non-hydrogen) atoms. The Morgan fingerprint density at radius 1 is 1.33 bits per heavy atom. The summed E-state index contributed by atoms with van der Waals surface area (Å²) in [5.74, 6) is 0.969. The van der Waals surface area contributed by atoms with Gasteiger partial charge in [0.2, 0.25) is 0 Å². The Balaban J connectivity index is 2.03. The van der Waals surface area contributed by atoms with Gasteiger partial charge in [-0.05, 0) is 50.4 Å². The first kappa shape index (κ1) is 13.2. The van der Waals surface area contributed by atoms with Gasteiger partial charge in [0.25, 0.3) is 0 Å². The second-order valence-electron chi connectivity index (χ2n) is 5.19. The first-order valence-corrected chi connectivity index (χ1v) is 6.83. The highest BCUT2D eigenvalue weighted by Crippen LogP contribution is 2.29. The van der Waals surface area contributed by atoms with Gasteiger partial charge in [-0.15, -0.1) is 0 Å². The van der Waals surface area contributed by atoms with Gasteiger partial charge < -0.3 is 15.4 Å². The van der Waals surface area contributed by atoms with Gasteiger partial charge in [-0.2, -0.15) is 0 Å². The van der Waals surface area contributed by atoms with Gasteiger partial charge in [-0.3, -0.25) is 0 Å². The van der Waals surface area contributed by atoms with E-state index in [-0.39, 0.29) is 0 Å². The molecule has 1 fully saturated rings. The number of aryl methyl sites for hydroxylation is 2. The molecule has 0 spiro atoms. The Labute approximate surface area is 110 Å². The van der Waals surface area contributed by atoms with E-state index < -0.39 is 0 Å². The Kier molecular flexibility index (Phi) is 4.48. The van der Waals surface area contributed by atoms with E-state index in [9.17, 15) is 0 Å². The number of rotatable bonds is 4. The molecule has 0 bridgehead atoms. The van der Waals surface area contributed by atoms with Crippen molar-refractivity contribution in [2.75, 3.05) is 25.5 Å². The number of hydrogen-bond donors (Lipinski definition) is 2. The molecule has 1 aromatic carbocycles. The zero-order valence-corrected chi connectivity index (χ0v) is 11.7. The molecule has 1 saturated heterocycles. The van der Waals surface area contributed by atoms with Crippen LogP contribution in [0.4, 0.5) is 5.69 Å². The van der Waals surface area contributed by atoms with Gasteiger partial charge in [0.1, 0.15) is 5.75 Å². The summed E-state index contributed by atoms with van der Waals surface area (Å²) in [4.78, 5) is 0. The molecule has 0 aromatic heterocycles. The van der Waals surface area contributed by atoms with Crippen LogP contribution in [-0.4, -0.2) is 26.2 Å². The lowest BCUT2D eigenvalue weighted by Crippen LogP contribution is -2.39. The summed E-state index contributed by atoms with van der Waals surface area (Å²) in [7, 11) is 1.74. The minimum atomic E-state index is 0.587. The van der Waals surface area contributed by atoms with Gasteiger partial charge in [0.15, 0.2) is 0 Å². The van der Waals surface area contributed by atoms with E-state index in [4.69, 9.17) is 4.74 Å². The fourth-order valence-electron chi connectivity index (χ4n) is 2.69. The van der Waals surface area contributed by atoms with Gasteiger partial charge in [-0.1, -0.05) is 12.5 Å². The average molecular weight is 248 g/mol. The fraction of sp³-hybridized carbons (Fsp3) is 0.600. The summed E-state index contributed by atoms with van der Waals surface area (Å²) in [6.07, 6.45) is 3.91. The predicted molar refractivity (Wildman–Crippen MR) is 76.6 cm³/mol. The Hall–Kier alpha value is -1.22. The van der Waals surface area contributed by atoms with Crippen molar-refractivity contribution in [3.05, 3.63) is 23.3 Å². The van der Waals surface area contributed by atoms with Crippen molar-refractivity contribution < 1.29 is 4.74 Å². The van der Waals surface area contributed by atoms with Crippen LogP contribution in [0.15, 0.2) is 12.1 Å². The highest BCUT2D eigenvalue weighted by molar-refractivity contribution is 5.61. The third-order valence-corrected chi connectivity index (χ3v) is 3.57. The molecule has 100 valence electrons. The lowest BCUT2D eigenvalue weighted by molar-refractivity contribution is 0.406. The van der Waals surface area contributed by atoms with Crippen LogP contribution in [0.3, 0.4) is 0 Å². The molecule has 2 N–H and O–H groups in total. The molecular weight excluding hydrogens is 224 g/mol. The van der Waals surface area contributed by atoms with Crippen LogP contribution in [0.2, 0.25) is 0 Å². The number of nitrogens with one attached hydrogen (secondary N) is 2. The molecule has 1 unspecified atom stereocenters. The van der Waals surface area contributed by atoms with E-state index in [2.05, 4.69) is 36.6 Å². The van der Waals surface area contributed by atoms with Crippen molar-refractivity contribution in [2.24, 2.45) is 0 Å². The maximum absolute atomic E-state index is 5.49. The van der Waals surface area contributed by atoms with Crippen molar-refractivity contribution >= 4 is 5.69 Å². The number of benzene rings is 1. The lowest BCUT2D eigenvalue weighted by Gasteiger charge is -2.25.